The van der Waals surface area contributed by atoms with Gasteiger partial charge in [0.1, 0.15) is 0 Å². The van der Waals surface area contributed by atoms with Gasteiger partial charge in [-0.05, 0) is 106 Å². The molecule has 218 valence electrons. The van der Waals surface area contributed by atoms with Crippen molar-refractivity contribution in [3.05, 3.63) is 51.2 Å². The Kier molecular flexibility index (Phi) is 11.7. The lowest BCUT2D eigenvalue weighted by molar-refractivity contribution is 0.0751. The first-order chi connectivity index (χ1) is 19.5. The number of aryl methyl sites for hydroxylation is 1. The fourth-order valence-corrected chi connectivity index (χ4v) is 6.63. The van der Waals surface area contributed by atoms with Crippen LogP contribution in [0.2, 0.25) is 0 Å². The number of carbonyl (C=O) groups excluding carboxylic acids is 1. The van der Waals surface area contributed by atoms with E-state index in [2.05, 4.69) is 66.1 Å². The van der Waals surface area contributed by atoms with Gasteiger partial charge in [0.15, 0.2) is 0 Å². The van der Waals surface area contributed by atoms with Crippen LogP contribution >= 0.6 is 11.3 Å². The lowest BCUT2D eigenvalue weighted by Gasteiger charge is -2.26. The predicted molar refractivity (Wildman–Crippen MR) is 171 cm³/mol. The first-order valence-electron chi connectivity index (χ1n) is 15.5. The maximum atomic E-state index is 13.6. The SMILES string of the molecule is C/C=C\c1scc(CNc2nc3ccc(C(=O)N(CCCC)CCCC)cc3n2CCCN2CCCCC2)c1C. The average Bonchev–Trinajstić information content (AvgIpc) is 3.51. The lowest BCUT2D eigenvalue weighted by Crippen LogP contribution is -2.33. The number of piperidine rings is 1. The number of carbonyl (C=O) groups is 1. The van der Waals surface area contributed by atoms with Crippen molar-refractivity contribution in [2.45, 2.75) is 92.2 Å². The Labute approximate surface area is 245 Å². The third kappa shape index (κ3) is 7.76. The maximum absolute atomic E-state index is 13.6. The second kappa shape index (κ2) is 15.4. The van der Waals surface area contributed by atoms with Crippen LogP contribution in [-0.4, -0.2) is 58.0 Å². The first kappa shape index (κ1) is 30.3. The van der Waals surface area contributed by atoms with Gasteiger partial charge < -0.3 is 19.7 Å². The van der Waals surface area contributed by atoms with Gasteiger partial charge in [0.25, 0.3) is 5.91 Å². The molecule has 1 amide bonds. The summed E-state index contributed by atoms with van der Waals surface area (Å²) in [5.74, 6) is 1.04. The Balaban J connectivity index is 1.59. The summed E-state index contributed by atoms with van der Waals surface area (Å²) in [5, 5.41) is 5.91. The van der Waals surface area contributed by atoms with Crippen LogP contribution in [0, 0.1) is 6.92 Å². The predicted octanol–water partition coefficient (Wildman–Crippen LogP) is 7.97. The van der Waals surface area contributed by atoms with Gasteiger partial charge in [0, 0.05) is 36.6 Å². The fraction of sp³-hybridized carbons (Fsp3) is 0.576. The van der Waals surface area contributed by atoms with Crippen LogP contribution in [0.5, 0.6) is 0 Å². The topological polar surface area (TPSA) is 53.4 Å². The highest BCUT2D eigenvalue weighted by molar-refractivity contribution is 7.11. The number of imidazole rings is 1. The number of nitrogens with zero attached hydrogens (tertiary/aromatic N) is 4. The van der Waals surface area contributed by atoms with Crippen molar-refractivity contribution in [1.82, 2.24) is 19.4 Å². The zero-order chi connectivity index (χ0) is 28.3. The molecule has 1 saturated heterocycles. The van der Waals surface area contributed by atoms with Crippen molar-refractivity contribution in [2.75, 3.05) is 38.0 Å². The minimum absolute atomic E-state index is 0.143. The number of unbranched alkanes of at least 4 members (excludes halogenated alkanes) is 2. The summed E-state index contributed by atoms with van der Waals surface area (Å²) >= 11 is 1.79. The van der Waals surface area contributed by atoms with E-state index in [1.165, 1.54) is 48.4 Å². The van der Waals surface area contributed by atoms with Crippen molar-refractivity contribution in [1.29, 1.82) is 0 Å². The normalized spacial score (nSPS) is 14.4. The number of nitrogens with one attached hydrogen (secondary N) is 1. The van der Waals surface area contributed by atoms with Crippen molar-refractivity contribution in [3.63, 3.8) is 0 Å². The molecule has 4 rings (SSSR count). The zero-order valence-electron chi connectivity index (χ0n) is 25.2. The molecule has 1 fully saturated rings. The number of benzene rings is 1. The second-order valence-corrected chi connectivity index (χ2v) is 12.1. The van der Waals surface area contributed by atoms with Crippen LogP contribution in [0.25, 0.3) is 17.1 Å². The number of thiophene rings is 1. The summed E-state index contributed by atoms with van der Waals surface area (Å²) in [7, 11) is 0. The highest BCUT2D eigenvalue weighted by atomic mass is 32.1. The Morgan fingerprint density at radius 1 is 1.07 bits per heavy atom. The number of amides is 1. The zero-order valence-corrected chi connectivity index (χ0v) is 26.0. The smallest absolute Gasteiger partial charge is 0.253 e. The molecule has 3 heterocycles. The van der Waals surface area contributed by atoms with Gasteiger partial charge in [0.05, 0.1) is 11.0 Å². The average molecular weight is 564 g/mol. The van der Waals surface area contributed by atoms with E-state index in [4.69, 9.17) is 4.98 Å². The summed E-state index contributed by atoms with van der Waals surface area (Å²) in [5.41, 5.74) is 5.41. The standard InChI is InChI=1S/C33H49N5OS/c1-5-8-20-37(21-9-6-2)32(39)27-15-16-29-30(23-27)38(22-13-19-36-17-11-10-12-18-36)33(35-29)34-24-28-25-40-31(14-7-3)26(28)4/h7,14-16,23,25H,5-6,8-13,17-22,24H2,1-4H3,(H,34,35)/b14-7-. The van der Waals surface area contributed by atoms with E-state index in [0.717, 1.165) is 87.4 Å². The van der Waals surface area contributed by atoms with Gasteiger partial charge >= 0.3 is 0 Å². The van der Waals surface area contributed by atoms with Gasteiger partial charge in [-0.3, -0.25) is 4.79 Å². The molecular weight excluding hydrogens is 514 g/mol. The molecule has 0 spiro atoms. The van der Waals surface area contributed by atoms with E-state index in [1.54, 1.807) is 11.3 Å². The third-order valence-electron chi connectivity index (χ3n) is 8.08. The van der Waals surface area contributed by atoms with E-state index in [1.807, 2.05) is 17.0 Å². The van der Waals surface area contributed by atoms with Crippen molar-refractivity contribution >= 4 is 40.3 Å². The number of hydrogen-bond acceptors (Lipinski definition) is 5. The molecule has 0 saturated carbocycles. The summed E-state index contributed by atoms with van der Waals surface area (Å²) < 4.78 is 2.31. The largest absolute Gasteiger partial charge is 0.352 e. The summed E-state index contributed by atoms with van der Waals surface area (Å²) in [6, 6.07) is 6.09. The van der Waals surface area contributed by atoms with Gasteiger partial charge in [-0.1, -0.05) is 39.2 Å². The molecule has 6 nitrogen and oxygen atoms in total. The van der Waals surface area contributed by atoms with Gasteiger partial charge in [-0.15, -0.1) is 11.3 Å². The molecule has 0 aliphatic carbocycles. The molecule has 7 heteroatoms. The van der Waals surface area contributed by atoms with Crippen LogP contribution < -0.4 is 5.32 Å². The number of anilines is 1. The maximum Gasteiger partial charge on any atom is 0.253 e. The van der Waals surface area contributed by atoms with Crippen LogP contribution in [0.1, 0.15) is 98.5 Å². The molecule has 1 N–H and O–H groups in total. The first-order valence-corrected chi connectivity index (χ1v) is 16.4. The molecule has 1 aliphatic heterocycles. The molecule has 40 heavy (non-hydrogen) atoms. The number of aromatic nitrogens is 2. The molecule has 2 aromatic heterocycles. The number of allylic oxidation sites excluding steroid dienone is 1. The molecule has 1 aromatic carbocycles. The quantitative estimate of drug-likeness (QED) is 0.204. The molecule has 0 bridgehead atoms. The van der Waals surface area contributed by atoms with Crippen LogP contribution in [0.4, 0.5) is 5.95 Å². The molecule has 0 radical (unpaired) electrons. The lowest BCUT2D eigenvalue weighted by atomic mass is 10.1. The van der Waals surface area contributed by atoms with Crippen molar-refractivity contribution in [3.8, 4) is 0 Å². The van der Waals surface area contributed by atoms with Crippen LogP contribution in [0.15, 0.2) is 29.7 Å². The highest BCUT2D eigenvalue weighted by Gasteiger charge is 2.19. The Morgan fingerprint density at radius 2 is 1.82 bits per heavy atom. The fourth-order valence-electron chi connectivity index (χ4n) is 5.58. The summed E-state index contributed by atoms with van der Waals surface area (Å²) in [6.45, 7) is 15.4. The second-order valence-electron chi connectivity index (χ2n) is 11.1. The Hall–Kier alpha value is -2.64. The van der Waals surface area contributed by atoms with Gasteiger partial charge in [0.2, 0.25) is 5.95 Å². The van der Waals surface area contributed by atoms with Gasteiger partial charge in [-0.25, -0.2) is 4.98 Å². The molecular formula is C33H49N5OS. The summed E-state index contributed by atoms with van der Waals surface area (Å²) in [6.07, 6.45) is 13.6. The Morgan fingerprint density at radius 3 is 2.52 bits per heavy atom. The molecule has 3 aromatic rings. The number of rotatable bonds is 15. The van der Waals surface area contributed by atoms with E-state index in [-0.39, 0.29) is 5.91 Å². The van der Waals surface area contributed by atoms with Crippen molar-refractivity contribution < 1.29 is 4.79 Å². The van der Waals surface area contributed by atoms with Gasteiger partial charge in [-0.2, -0.15) is 0 Å². The van der Waals surface area contributed by atoms with E-state index in [9.17, 15) is 4.79 Å². The van der Waals surface area contributed by atoms with Crippen LogP contribution in [-0.2, 0) is 13.1 Å². The number of fused-ring (bicyclic) bond motifs is 1. The minimum atomic E-state index is 0.143. The highest BCUT2D eigenvalue weighted by Crippen LogP contribution is 2.27. The van der Waals surface area contributed by atoms with E-state index in [0.29, 0.717) is 0 Å². The molecule has 0 unspecified atom stereocenters. The number of hydrogen-bond donors (Lipinski definition) is 1. The minimum Gasteiger partial charge on any atom is -0.352 e. The molecule has 0 atom stereocenters. The van der Waals surface area contributed by atoms with E-state index >= 15 is 0 Å². The molecule has 1 aliphatic rings. The number of likely N-dealkylation sites (tertiary alicyclic amines) is 1. The monoisotopic (exact) mass is 563 g/mol. The van der Waals surface area contributed by atoms with Crippen molar-refractivity contribution in [2.24, 2.45) is 0 Å². The van der Waals surface area contributed by atoms with Crippen LogP contribution in [0.3, 0.4) is 0 Å². The Bertz CT molecular complexity index is 1250. The van der Waals surface area contributed by atoms with E-state index < -0.39 is 0 Å². The third-order valence-corrected chi connectivity index (χ3v) is 9.18. The summed E-state index contributed by atoms with van der Waals surface area (Å²) in [4.78, 5) is 24.6.